The molecule has 2 N–H and O–H groups in total. The molecule has 4 heteroatoms. The van der Waals surface area contributed by atoms with Crippen molar-refractivity contribution in [1.82, 2.24) is 5.32 Å². The van der Waals surface area contributed by atoms with Crippen molar-refractivity contribution in [3.63, 3.8) is 0 Å². The Labute approximate surface area is 156 Å². The zero-order valence-corrected chi connectivity index (χ0v) is 15.8. The first-order valence-corrected chi connectivity index (χ1v) is 9.56. The van der Waals surface area contributed by atoms with Crippen molar-refractivity contribution < 1.29 is 4.79 Å². The van der Waals surface area contributed by atoms with Crippen LogP contribution in [0.3, 0.4) is 0 Å². The molecule has 1 amide bonds. The molecule has 1 fully saturated rings. The summed E-state index contributed by atoms with van der Waals surface area (Å²) in [7, 11) is 0. The Bertz CT molecular complexity index is 703. The maximum absolute atomic E-state index is 12.3. The minimum absolute atomic E-state index is 0.00526. The number of piperidine rings is 1. The van der Waals surface area contributed by atoms with Crippen molar-refractivity contribution in [2.75, 3.05) is 23.3 Å². The van der Waals surface area contributed by atoms with Crippen molar-refractivity contribution in [2.24, 2.45) is 0 Å². The summed E-state index contributed by atoms with van der Waals surface area (Å²) < 4.78 is 0. The number of aryl methyl sites for hydroxylation is 1. The lowest BCUT2D eigenvalue weighted by atomic mass is 10.1. The Kier molecular flexibility index (Phi) is 6.16. The van der Waals surface area contributed by atoms with Gasteiger partial charge in [0.25, 0.3) is 0 Å². The van der Waals surface area contributed by atoms with Gasteiger partial charge < -0.3 is 15.5 Å². The lowest BCUT2D eigenvalue weighted by Gasteiger charge is -2.29. The molecule has 1 atom stereocenters. The van der Waals surface area contributed by atoms with Crippen LogP contribution in [0.15, 0.2) is 48.5 Å². The maximum Gasteiger partial charge on any atom is 0.242 e. The average molecular weight is 351 g/mol. The van der Waals surface area contributed by atoms with Gasteiger partial charge in [-0.3, -0.25) is 4.79 Å². The van der Waals surface area contributed by atoms with E-state index in [-0.39, 0.29) is 11.9 Å². The molecule has 3 rings (SSSR count). The predicted molar refractivity (Wildman–Crippen MR) is 109 cm³/mol. The SMILES string of the molecule is Cc1ccc(CNC(=O)[C@H](C)Nc2ccc(N3CCCCC3)cc2)cc1. The third kappa shape index (κ3) is 5.01. The number of amides is 1. The summed E-state index contributed by atoms with van der Waals surface area (Å²) in [6.07, 6.45) is 3.89. The molecule has 0 spiro atoms. The van der Waals surface area contributed by atoms with Crippen LogP contribution in [0, 0.1) is 6.92 Å². The number of benzene rings is 2. The number of anilines is 2. The second kappa shape index (κ2) is 8.75. The Morgan fingerprint density at radius 2 is 1.65 bits per heavy atom. The van der Waals surface area contributed by atoms with Gasteiger partial charge in [0.2, 0.25) is 5.91 Å². The van der Waals surface area contributed by atoms with Gasteiger partial charge in [-0.15, -0.1) is 0 Å². The molecule has 2 aromatic carbocycles. The molecule has 1 saturated heterocycles. The minimum Gasteiger partial charge on any atom is -0.374 e. The minimum atomic E-state index is -0.277. The number of nitrogens with one attached hydrogen (secondary N) is 2. The summed E-state index contributed by atoms with van der Waals surface area (Å²) in [4.78, 5) is 14.8. The van der Waals surface area contributed by atoms with E-state index in [0.717, 1.165) is 24.3 Å². The van der Waals surface area contributed by atoms with E-state index < -0.39 is 0 Å². The predicted octanol–water partition coefficient (Wildman–Crippen LogP) is 4.10. The zero-order chi connectivity index (χ0) is 18.4. The number of carbonyl (C=O) groups is 1. The molecule has 2 aromatic rings. The summed E-state index contributed by atoms with van der Waals surface area (Å²) in [6.45, 7) is 6.79. The van der Waals surface area contributed by atoms with Crippen LogP contribution in [-0.4, -0.2) is 25.0 Å². The lowest BCUT2D eigenvalue weighted by Crippen LogP contribution is -2.37. The van der Waals surface area contributed by atoms with E-state index in [1.165, 1.54) is 30.5 Å². The van der Waals surface area contributed by atoms with E-state index in [0.29, 0.717) is 6.54 Å². The highest BCUT2D eigenvalue weighted by molar-refractivity contribution is 5.84. The number of hydrogen-bond acceptors (Lipinski definition) is 3. The number of carbonyl (C=O) groups excluding carboxylic acids is 1. The highest BCUT2D eigenvalue weighted by atomic mass is 16.2. The summed E-state index contributed by atoms with van der Waals surface area (Å²) in [6, 6.07) is 16.4. The number of rotatable bonds is 6. The molecule has 1 aliphatic heterocycles. The van der Waals surface area contributed by atoms with Crippen LogP contribution in [0.1, 0.15) is 37.3 Å². The van der Waals surface area contributed by atoms with Crippen LogP contribution in [-0.2, 0) is 11.3 Å². The van der Waals surface area contributed by atoms with Crippen molar-refractivity contribution in [3.05, 3.63) is 59.7 Å². The van der Waals surface area contributed by atoms with Crippen molar-refractivity contribution in [3.8, 4) is 0 Å². The van der Waals surface area contributed by atoms with Crippen LogP contribution in [0.4, 0.5) is 11.4 Å². The van der Waals surface area contributed by atoms with Gasteiger partial charge in [-0.05, 0) is 62.9 Å². The fraction of sp³-hybridized carbons (Fsp3) is 0.409. The van der Waals surface area contributed by atoms with Crippen LogP contribution in [0.2, 0.25) is 0 Å². The highest BCUT2D eigenvalue weighted by Crippen LogP contribution is 2.22. The molecular formula is C22H29N3O. The van der Waals surface area contributed by atoms with Crippen LogP contribution >= 0.6 is 0 Å². The molecule has 0 radical (unpaired) electrons. The molecule has 1 heterocycles. The lowest BCUT2D eigenvalue weighted by molar-refractivity contribution is -0.121. The topological polar surface area (TPSA) is 44.4 Å². The molecule has 0 aromatic heterocycles. The van der Waals surface area contributed by atoms with Gasteiger partial charge in [-0.25, -0.2) is 0 Å². The molecule has 4 nitrogen and oxygen atoms in total. The van der Waals surface area contributed by atoms with Crippen LogP contribution < -0.4 is 15.5 Å². The van der Waals surface area contributed by atoms with Gasteiger partial charge in [0.1, 0.15) is 6.04 Å². The highest BCUT2D eigenvalue weighted by Gasteiger charge is 2.13. The molecule has 1 aliphatic rings. The molecule has 26 heavy (non-hydrogen) atoms. The Morgan fingerprint density at radius 3 is 2.31 bits per heavy atom. The van der Waals surface area contributed by atoms with Crippen molar-refractivity contribution in [2.45, 2.75) is 45.7 Å². The van der Waals surface area contributed by atoms with E-state index >= 15 is 0 Å². The Balaban J connectivity index is 1.49. The quantitative estimate of drug-likeness (QED) is 0.823. The zero-order valence-electron chi connectivity index (χ0n) is 15.8. The first kappa shape index (κ1) is 18.3. The Hall–Kier alpha value is -2.49. The summed E-state index contributed by atoms with van der Waals surface area (Å²) >= 11 is 0. The van der Waals surface area contributed by atoms with Crippen LogP contribution in [0.5, 0.6) is 0 Å². The fourth-order valence-corrected chi connectivity index (χ4v) is 3.28. The van der Waals surface area contributed by atoms with Gasteiger partial charge in [0, 0.05) is 31.0 Å². The molecule has 0 unspecified atom stereocenters. The van der Waals surface area contributed by atoms with Gasteiger partial charge in [-0.2, -0.15) is 0 Å². The van der Waals surface area contributed by atoms with Crippen LogP contribution in [0.25, 0.3) is 0 Å². The maximum atomic E-state index is 12.3. The monoisotopic (exact) mass is 351 g/mol. The van der Waals surface area contributed by atoms with E-state index in [1.54, 1.807) is 0 Å². The first-order valence-electron chi connectivity index (χ1n) is 9.56. The van der Waals surface area contributed by atoms with Gasteiger partial charge in [0.15, 0.2) is 0 Å². The molecule has 0 saturated carbocycles. The summed E-state index contributed by atoms with van der Waals surface area (Å²) in [5.74, 6) is 0.00526. The average Bonchev–Trinajstić information content (AvgIpc) is 2.68. The third-order valence-corrected chi connectivity index (χ3v) is 4.95. The second-order valence-corrected chi connectivity index (χ2v) is 7.16. The van der Waals surface area contributed by atoms with E-state index in [4.69, 9.17) is 0 Å². The molecule has 0 bridgehead atoms. The summed E-state index contributed by atoms with van der Waals surface area (Å²) in [5.41, 5.74) is 4.58. The molecule has 0 aliphatic carbocycles. The summed E-state index contributed by atoms with van der Waals surface area (Å²) in [5, 5.41) is 6.28. The van der Waals surface area contributed by atoms with E-state index in [1.807, 2.05) is 19.1 Å². The first-order chi connectivity index (χ1) is 12.6. The smallest absolute Gasteiger partial charge is 0.242 e. The van der Waals surface area contributed by atoms with E-state index in [2.05, 4.69) is 58.9 Å². The van der Waals surface area contributed by atoms with Crippen molar-refractivity contribution >= 4 is 17.3 Å². The standard InChI is InChI=1S/C22H29N3O/c1-17-6-8-19(9-7-17)16-23-22(26)18(2)24-20-10-12-21(13-11-20)25-14-4-3-5-15-25/h6-13,18,24H,3-5,14-16H2,1-2H3,(H,23,26)/t18-/m0/s1. The van der Waals surface area contributed by atoms with Gasteiger partial charge in [-0.1, -0.05) is 29.8 Å². The van der Waals surface area contributed by atoms with Crippen molar-refractivity contribution in [1.29, 1.82) is 0 Å². The second-order valence-electron chi connectivity index (χ2n) is 7.16. The normalized spacial score (nSPS) is 15.4. The number of hydrogen-bond donors (Lipinski definition) is 2. The molecular weight excluding hydrogens is 322 g/mol. The fourth-order valence-electron chi connectivity index (χ4n) is 3.28. The van der Waals surface area contributed by atoms with Gasteiger partial charge in [0.05, 0.1) is 0 Å². The number of nitrogens with zero attached hydrogens (tertiary/aromatic N) is 1. The third-order valence-electron chi connectivity index (χ3n) is 4.95. The van der Waals surface area contributed by atoms with E-state index in [9.17, 15) is 4.79 Å². The largest absolute Gasteiger partial charge is 0.374 e. The molecule has 138 valence electrons. The Morgan fingerprint density at radius 1 is 1.00 bits per heavy atom. The van der Waals surface area contributed by atoms with Gasteiger partial charge >= 0.3 is 0 Å².